The molecule has 106 valence electrons. The Morgan fingerprint density at radius 3 is 2.75 bits per heavy atom. The van der Waals surface area contributed by atoms with Gasteiger partial charge in [-0.05, 0) is 31.2 Å². The Morgan fingerprint density at radius 1 is 1.15 bits per heavy atom. The second-order valence-corrected chi connectivity index (χ2v) is 4.32. The molecule has 0 aliphatic heterocycles. The average molecular weight is 278 g/mol. The van der Waals surface area contributed by atoms with Gasteiger partial charge in [-0.2, -0.15) is 0 Å². The van der Waals surface area contributed by atoms with E-state index in [-0.39, 0.29) is 5.75 Å². The molecular formula is C15H16F2N2O. The van der Waals surface area contributed by atoms with Crippen LogP contribution < -0.4 is 10.1 Å². The molecule has 0 saturated carbocycles. The van der Waals surface area contributed by atoms with Crippen molar-refractivity contribution in [2.45, 2.75) is 19.9 Å². The maximum absolute atomic E-state index is 13.1. The van der Waals surface area contributed by atoms with E-state index < -0.39 is 11.6 Å². The molecule has 2 aromatic rings. The van der Waals surface area contributed by atoms with Gasteiger partial charge in [0.1, 0.15) is 5.75 Å². The van der Waals surface area contributed by atoms with Crippen LogP contribution in [0.15, 0.2) is 36.4 Å². The van der Waals surface area contributed by atoms with E-state index in [0.29, 0.717) is 12.4 Å². The minimum Gasteiger partial charge on any atom is -0.439 e. The maximum atomic E-state index is 13.1. The molecule has 0 aliphatic carbocycles. The number of hydrogen-bond acceptors (Lipinski definition) is 3. The van der Waals surface area contributed by atoms with Crippen LogP contribution in [0.1, 0.15) is 19.0 Å². The molecule has 0 atom stereocenters. The van der Waals surface area contributed by atoms with Gasteiger partial charge in [-0.25, -0.2) is 13.8 Å². The Bertz CT molecular complexity index is 576. The van der Waals surface area contributed by atoms with Gasteiger partial charge in [0.2, 0.25) is 5.88 Å². The molecule has 1 aromatic heterocycles. The van der Waals surface area contributed by atoms with Gasteiger partial charge in [0, 0.05) is 18.7 Å². The molecular weight excluding hydrogens is 262 g/mol. The Morgan fingerprint density at radius 2 is 2.00 bits per heavy atom. The highest BCUT2D eigenvalue weighted by Crippen LogP contribution is 2.21. The van der Waals surface area contributed by atoms with Crippen LogP contribution in [0.3, 0.4) is 0 Å². The molecule has 3 nitrogen and oxygen atoms in total. The van der Waals surface area contributed by atoms with Crippen molar-refractivity contribution >= 4 is 0 Å². The van der Waals surface area contributed by atoms with Crippen LogP contribution in [0.2, 0.25) is 0 Å². The number of halogens is 2. The van der Waals surface area contributed by atoms with E-state index in [1.54, 1.807) is 6.07 Å². The van der Waals surface area contributed by atoms with Gasteiger partial charge in [0.25, 0.3) is 0 Å². The van der Waals surface area contributed by atoms with Gasteiger partial charge in [-0.3, -0.25) is 0 Å². The van der Waals surface area contributed by atoms with Crippen molar-refractivity contribution in [2.24, 2.45) is 0 Å². The summed E-state index contributed by atoms with van der Waals surface area (Å²) in [5.41, 5.74) is 0.832. The van der Waals surface area contributed by atoms with Gasteiger partial charge in [0.05, 0.1) is 5.69 Å². The van der Waals surface area contributed by atoms with Crippen molar-refractivity contribution in [1.29, 1.82) is 0 Å². The highest BCUT2D eigenvalue weighted by atomic mass is 19.2. The van der Waals surface area contributed by atoms with Crippen LogP contribution in [-0.2, 0) is 6.54 Å². The molecule has 1 aromatic carbocycles. The standard InChI is InChI=1S/C15H16F2N2O/c1-2-8-18-10-11-4-3-5-15(19-11)20-12-6-7-13(16)14(17)9-12/h3-7,9,18H,2,8,10H2,1H3. The quantitative estimate of drug-likeness (QED) is 0.819. The van der Waals surface area contributed by atoms with E-state index in [0.717, 1.165) is 30.8 Å². The van der Waals surface area contributed by atoms with Crippen LogP contribution in [0.4, 0.5) is 8.78 Å². The van der Waals surface area contributed by atoms with Gasteiger partial charge < -0.3 is 10.1 Å². The van der Waals surface area contributed by atoms with E-state index in [2.05, 4.69) is 17.2 Å². The molecule has 1 heterocycles. The van der Waals surface area contributed by atoms with E-state index in [4.69, 9.17) is 4.74 Å². The predicted molar refractivity (Wildman–Crippen MR) is 72.7 cm³/mol. The molecule has 0 radical (unpaired) electrons. The fourth-order valence-corrected chi connectivity index (χ4v) is 1.67. The Balaban J connectivity index is 2.05. The number of pyridine rings is 1. The van der Waals surface area contributed by atoms with Gasteiger partial charge in [-0.15, -0.1) is 0 Å². The van der Waals surface area contributed by atoms with Crippen LogP contribution in [0.5, 0.6) is 11.6 Å². The Kier molecular flexibility index (Phi) is 5.01. The summed E-state index contributed by atoms with van der Waals surface area (Å²) in [6.45, 7) is 3.64. The summed E-state index contributed by atoms with van der Waals surface area (Å²) in [6, 6.07) is 8.75. The smallest absolute Gasteiger partial charge is 0.219 e. The monoisotopic (exact) mass is 278 g/mol. The predicted octanol–water partition coefficient (Wildman–Crippen LogP) is 3.65. The van der Waals surface area contributed by atoms with E-state index >= 15 is 0 Å². The summed E-state index contributed by atoms with van der Waals surface area (Å²) in [5.74, 6) is -1.27. The molecule has 20 heavy (non-hydrogen) atoms. The molecule has 0 spiro atoms. The molecule has 5 heteroatoms. The molecule has 0 unspecified atom stereocenters. The van der Waals surface area contributed by atoms with Crippen LogP contribution in [-0.4, -0.2) is 11.5 Å². The third-order valence-corrected chi connectivity index (χ3v) is 2.63. The fraction of sp³-hybridized carbons (Fsp3) is 0.267. The molecule has 0 bridgehead atoms. The molecule has 2 rings (SSSR count). The summed E-state index contributed by atoms with van der Waals surface area (Å²) < 4.78 is 31.3. The SMILES string of the molecule is CCCNCc1cccc(Oc2ccc(F)c(F)c2)n1. The first-order chi connectivity index (χ1) is 9.69. The molecule has 0 aliphatic rings. The summed E-state index contributed by atoms with van der Waals surface area (Å²) >= 11 is 0. The minimum absolute atomic E-state index is 0.218. The summed E-state index contributed by atoms with van der Waals surface area (Å²) in [7, 11) is 0. The molecule has 0 fully saturated rings. The zero-order chi connectivity index (χ0) is 14.4. The lowest BCUT2D eigenvalue weighted by atomic mass is 10.3. The first-order valence-electron chi connectivity index (χ1n) is 6.48. The second kappa shape index (κ2) is 6.96. The number of nitrogens with one attached hydrogen (secondary N) is 1. The van der Waals surface area contributed by atoms with Crippen molar-refractivity contribution < 1.29 is 13.5 Å². The lowest BCUT2D eigenvalue weighted by Crippen LogP contribution is -2.14. The highest BCUT2D eigenvalue weighted by molar-refractivity contribution is 5.28. The number of ether oxygens (including phenoxy) is 1. The lowest BCUT2D eigenvalue weighted by molar-refractivity contribution is 0.445. The van der Waals surface area contributed by atoms with Gasteiger partial charge >= 0.3 is 0 Å². The highest BCUT2D eigenvalue weighted by Gasteiger charge is 2.05. The molecule has 0 amide bonds. The molecule has 0 saturated heterocycles. The second-order valence-electron chi connectivity index (χ2n) is 4.32. The Labute approximate surface area is 116 Å². The first kappa shape index (κ1) is 14.4. The van der Waals surface area contributed by atoms with Crippen molar-refractivity contribution in [3.63, 3.8) is 0 Å². The van der Waals surface area contributed by atoms with E-state index in [1.807, 2.05) is 12.1 Å². The normalized spacial score (nSPS) is 10.6. The largest absolute Gasteiger partial charge is 0.439 e. The third-order valence-electron chi connectivity index (χ3n) is 2.63. The van der Waals surface area contributed by atoms with Crippen molar-refractivity contribution in [2.75, 3.05) is 6.54 Å². The lowest BCUT2D eigenvalue weighted by Gasteiger charge is -2.07. The zero-order valence-corrected chi connectivity index (χ0v) is 11.2. The first-order valence-corrected chi connectivity index (χ1v) is 6.48. The number of hydrogen-bond donors (Lipinski definition) is 1. The number of rotatable bonds is 6. The number of aromatic nitrogens is 1. The average Bonchev–Trinajstić information content (AvgIpc) is 2.44. The number of nitrogens with zero attached hydrogens (tertiary/aromatic N) is 1. The minimum atomic E-state index is -0.941. The number of benzene rings is 1. The van der Waals surface area contributed by atoms with Gasteiger partial charge in [0.15, 0.2) is 11.6 Å². The van der Waals surface area contributed by atoms with Crippen molar-refractivity contribution in [3.8, 4) is 11.6 Å². The van der Waals surface area contributed by atoms with Crippen molar-refractivity contribution in [1.82, 2.24) is 10.3 Å². The van der Waals surface area contributed by atoms with Gasteiger partial charge in [-0.1, -0.05) is 13.0 Å². The summed E-state index contributed by atoms with van der Waals surface area (Å²) in [6.07, 6.45) is 1.05. The maximum Gasteiger partial charge on any atom is 0.219 e. The topological polar surface area (TPSA) is 34.1 Å². The van der Waals surface area contributed by atoms with Crippen LogP contribution in [0.25, 0.3) is 0 Å². The van der Waals surface area contributed by atoms with Crippen LogP contribution in [0, 0.1) is 11.6 Å². The van der Waals surface area contributed by atoms with Crippen molar-refractivity contribution in [3.05, 3.63) is 53.7 Å². The molecule has 1 N–H and O–H groups in total. The van der Waals surface area contributed by atoms with Crippen LogP contribution >= 0.6 is 0 Å². The van der Waals surface area contributed by atoms with E-state index in [9.17, 15) is 8.78 Å². The third kappa shape index (κ3) is 3.99. The zero-order valence-electron chi connectivity index (χ0n) is 11.2. The summed E-state index contributed by atoms with van der Waals surface area (Å²) in [4.78, 5) is 4.29. The fourth-order valence-electron chi connectivity index (χ4n) is 1.67. The summed E-state index contributed by atoms with van der Waals surface area (Å²) in [5, 5.41) is 3.23. The van der Waals surface area contributed by atoms with E-state index in [1.165, 1.54) is 6.07 Å². The Hall–Kier alpha value is -2.01.